The standard InChI is InChI=1S/C28H42O13S.Na/c1-25(2,12-29)14-40-23(33)27(5,6)16-38-21(31)18-9-19(11-20(10-18)42(35,36)37)22(32)39-17-28(7,8)24(34)41-15-26(3,4)13-30;/h9-11,29-30H,12-17H2,1-8H3,(H,35,36,37);/q;+1/p-1. The average molecular weight is 641 g/mol. The molecule has 0 atom stereocenters. The van der Waals surface area contributed by atoms with Gasteiger partial charge in [-0.3, -0.25) is 9.59 Å². The van der Waals surface area contributed by atoms with Gasteiger partial charge in [-0.1, -0.05) is 27.7 Å². The summed E-state index contributed by atoms with van der Waals surface area (Å²) in [4.78, 5) is 49.6. The zero-order chi connectivity index (χ0) is 32.7. The van der Waals surface area contributed by atoms with Crippen molar-refractivity contribution in [2.45, 2.75) is 60.3 Å². The molecule has 0 fully saturated rings. The van der Waals surface area contributed by atoms with Gasteiger partial charge >= 0.3 is 53.4 Å². The van der Waals surface area contributed by atoms with Crippen molar-refractivity contribution < 1.29 is 90.9 Å². The monoisotopic (exact) mass is 640 g/mol. The van der Waals surface area contributed by atoms with Gasteiger partial charge < -0.3 is 33.7 Å². The first-order valence-electron chi connectivity index (χ1n) is 13.0. The summed E-state index contributed by atoms with van der Waals surface area (Å²) in [5.74, 6) is -3.72. The second-order valence-electron chi connectivity index (χ2n) is 12.9. The van der Waals surface area contributed by atoms with Gasteiger partial charge in [-0.05, 0) is 45.9 Å². The fourth-order valence-electron chi connectivity index (χ4n) is 2.76. The molecule has 1 aromatic rings. The number of ether oxygens (including phenoxy) is 4. The first-order chi connectivity index (χ1) is 19.0. The topological polar surface area (TPSA) is 203 Å². The van der Waals surface area contributed by atoms with E-state index in [4.69, 9.17) is 18.9 Å². The van der Waals surface area contributed by atoms with Crippen LogP contribution in [0.1, 0.15) is 76.1 Å². The molecule has 238 valence electrons. The Morgan fingerprint density at radius 3 is 1.26 bits per heavy atom. The van der Waals surface area contributed by atoms with E-state index in [1.807, 2.05) is 0 Å². The van der Waals surface area contributed by atoms with Crippen molar-refractivity contribution >= 4 is 34.0 Å². The molecular formula is C28H41NaO13S. The Hall–Kier alpha value is -2.07. The van der Waals surface area contributed by atoms with Gasteiger partial charge in [0.2, 0.25) is 0 Å². The maximum atomic E-state index is 12.8. The van der Waals surface area contributed by atoms with Gasteiger partial charge in [0.05, 0.1) is 53.3 Å². The molecule has 13 nitrogen and oxygen atoms in total. The van der Waals surface area contributed by atoms with E-state index >= 15 is 0 Å². The maximum Gasteiger partial charge on any atom is 1.00 e. The minimum atomic E-state index is -5.13. The van der Waals surface area contributed by atoms with Crippen LogP contribution in [0.4, 0.5) is 0 Å². The van der Waals surface area contributed by atoms with Gasteiger partial charge in [0.1, 0.15) is 23.3 Å². The minimum Gasteiger partial charge on any atom is -0.744 e. The number of carbonyl (C=O) groups is 4. The van der Waals surface area contributed by atoms with Crippen molar-refractivity contribution in [1.29, 1.82) is 0 Å². The number of benzene rings is 1. The smallest absolute Gasteiger partial charge is 0.744 e. The first-order valence-corrected chi connectivity index (χ1v) is 14.4. The van der Waals surface area contributed by atoms with Gasteiger partial charge in [-0.15, -0.1) is 0 Å². The number of esters is 4. The molecule has 0 radical (unpaired) electrons. The molecule has 0 aromatic heterocycles. The molecule has 0 amide bonds. The summed E-state index contributed by atoms with van der Waals surface area (Å²) < 4.78 is 55.9. The summed E-state index contributed by atoms with van der Waals surface area (Å²) in [6.07, 6.45) is 0. The van der Waals surface area contributed by atoms with Gasteiger partial charge in [-0.25, -0.2) is 18.0 Å². The zero-order valence-electron chi connectivity index (χ0n) is 26.3. The molecule has 0 aliphatic rings. The van der Waals surface area contributed by atoms with Crippen LogP contribution in [0.25, 0.3) is 0 Å². The molecule has 0 aliphatic carbocycles. The summed E-state index contributed by atoms with van der Waals surface area (Å²) >= 11 is 0. The van der Waals surface area contributed by atoms with Crippen molar-refractivity contribution in [3.63, 3.8) is 0 Å². The minimum absolute atomic E-state index is 0. The van der Waals surface area contributed by atoms with E-state index in [1.54, 1.807) is 27.7 Å². The molecular weight excluding hydrogens is 599 g/mol. The molecule has 0 unspecified atom stereocenters. The van der Waals surface area contributed by atoms with Crippen LogP contribution in [0.3, 0.4) is 0 Å². The summed E-state index contributed by atoms with van der Waals surface area (Å²) in [6.45, 7) is 10.8. The number of rotatable bonds is 15. The molecule has 0 bridgehead atoms. The van der Waals surface area contributed by atoms with Crippen molar-refractivity contribution in [2.75, 3.05) is 39.6 Å². The molecule has 2 N–H and O–H groups in total. The predicted molar refractivity (Wildman–Crippen MR) is 146 cm³/mol. The Morgan fingerprint density at radius 2 is 0.977 bits per heavy atom. The summed E-state index contributed by atoms with van der Waals surface area (Å²) in [5, 5.41) is 18.6. The van der Waals surface area contributed by atoms with Gasteiger partial charge in [0.15, 0.2) is 0 Å². The SMILES string of the molecule is CC(C)(CO)COC(=O)C(C)(C)COC(=O)c1cc(C(=O)OCC(C)(C)C(=O)OCC(C)(C)CO)cc(S(=O)(=O)[O-])c1.[Na+]. The Kier molecular flexibility index (Phi) is 15.0. The van der Waals surface area contributed by atoms with Crippen molar-refractivity contribution in [1.82, 2.24) is 0 Å². The van der Waals surface area contributed by atoms with Crippen molar-refractivity contribution in [2.24, 2.45) is 21.7 Å². The third-order valence-corrected chi connectivity index (χ3v) is 6.76. The Balaban J connectivity index is 0.0000176. The Bertz CT molecular complexity index is 1190. The zero-order valence-corrected chi connectivity index (χ0v) is 29.1. The fourth-order valence-corrected chi connectivity index (χ4v) is 3.30. The van der Waals surface area contributed by atoms with Gasteiger partial charge in [0, 0.05) is 10.8 Å². The van der Waals surface area contributed by atoms with E-state index in [2.05, 4.69) is 0 Å². The van der Waals surface area contributed by atoms with Crippen LogP contribution in [0.5, 0.6) is 0 Å². The van der Waals surface area contributed by atoms with E-state index in [9.17, 15) is 42.4 Å². The van der Waals surface area contributed by atoms with Crippen molar-refractivity contribution in [3.05, 3.63) is 29.3 Å². The first kappa shape index (κ1) is 40.9. The van der Waals surface area contributed by atoms with Crippen LogP contribution in [0.2, 0.25) is 0 Å². The molecule has 43 heavy (non-hydrogen) atoms. The van der Waals surface area contributed by atoms with Crippen LogP contribution < -0.4 is 29.6 Å². The maximum absolute atomic E-state index is 12.8. The summed E-state index contributed by atoms with van der Waals surface area (Å²) in [6, 6.07) is 2.39. The molecule has 15 heteroatoms. The molecule has 1 rings (SSSR count). The third-order valence-electron chi connectivity index (χ3n) is 5.94. The average Bonchev–Trinajstić information content (AvgIpc) is 2.91. The van der Waals surface area contributed by atoms with E-state index in [1.165, 1.54) is 27.7 Å². The van der Waals surface area contributed by atoms with Crippen LogP contribution in [0, 0.1) is 21.7 Å². The molecule has 0 heterocycles. The van der Waals surface area contributed by atoms with Crippen LogP contribution in [-0.4, -0.2) is 86.7 Å². The molecule has 0 aliphatic heterocycles. The second kappa shape index (κ2) is 15.8. The summed E-state index contributed by atoms with van der Waals surface area (Å²) in [7, 11) is -5.13. The van der Waals surface area contributed by atoms with E-state index in [-0.39, 0.29) is 56.0 Å². The molecule has 0 spiro atoms. The van der Waals surface area contributed by atoms with E-state index < -0.39 is 84.9 Å². The van der Waals surface area contributed by atoms with E-state index in [0.717, 1.165) is 18.2 Å². The quantitative estimate of drug-likeness (QED) is 0.103. The van der Waals surface area contributed by atoms with Crippen LogP contribution in [-0.2, 0) is 38.7 Å². The summed E-state index contributed by atoms with van der Waals surface area (Å²) in [5.41, 5.74) is -5.01. The number of hydrogen-bond acceptors (Lipinski definition) is 13. The number of hydrogen-bond donors (Lipinski definition) is 2. The van der Waals surface area contributed by atoms with Gasteiger partial charge in [-0.2, -0.15) is 0 Å². The largest absolute Gasteiger partial charge is 1.00 e. The number of aliphatic hydroxyl groups is 2. The Labute approximate surface area is 274 Å². The Morgan fingerprint density at radius 1 is 0.651 bits per heavy atom. The second-order valence-corrected chi connectivity index (χ2v) is 14.3. The van der Waals surface area contributed by atoms with Crippen LogP contribution in [0.15, 0.2) is 23.1 Å². The number of carbonyl (C=O) groups excluding carboxylic acids is 4. The molecule has 0 saturated carbocycles. The van der Waals surface area contributed by atoms with Crippen LogP contribution >= 0.6 is 0 Å². The third kappa shape index (κ3) is 13.2. The molecule has 0 saturated heterocycles. The molecule has 1 aromatic carbocycles. The van der Waals surface area contributed by atoms with Gasteiger partial charge in [0.25, 0.3) is 0 Å². The van der Waals surface area contributed by atoms with Crippen molar-refractivity contribution in [3.8, 4) is 0 Å². The normalized spacial score (nSPS) is 12.5. The predicted octanol–water partition coefficient (Wildman–Crippen LogP) is -0.916. The van der Waals surface area contributed by atoms with E-state index in [0.29, 0.717) is 0 Å². The number of aliphatic hydroxyl groups excluding tert-OH is 2. The fraction of sp³-hybridized carbons (Fsp3) is 0.643.